The lowest BCUT2D eigenvalue weighted by Gasteiger charge is -2.43. The van der Waals surface area contributed by atoms with Crippen molar-refractivity contribution < 1.29 is 57.2 Å². The van der Waals surface area contributed by atoms with Crippen molar-refractivity contribution >= 4 is 35.8 Å². The summed E-state index contributed by atoms with van der Waals surface area (Å²) in [5.41, 5.74) is 0. The van der Waals surface area contributed by atoms with Gasteiger partial charge in [-0.1, -0.05) is 96.8 Å². The summed E-state index contributed by atoms with van der Waals surface area (Å²) in [6.45, 7) is 6.47. The smallest absolute Gasteiger partial charge is 0.328 e. The van der Waals surface area contributed by atoms with Gasteiger partial charge in [-0.2, -0.15) is 0 Å². The number of esters is 5. The quantitative estimate of drug-likeness (QED) is 0.0977. The summed E-state index contributed by atoms with van der Waals surface area (Å²) in [4.78, 5) is 73.8. The molecule has 1 amide bonds. The fourth-order valence-electron chi connectivity index (χ4n) is 5.43. The van der Waals surface area contributed by atoms with Crippen LogP contribution < -0.4 is 5.32 Å². The summed E-state index contributed by atoms with van der Waals surface area (Å²) in [5, 5.41) is 2.57. The molecule has 6 atom stereocenters. The second-order valence-electron chi connectivity index (χ2n) is 11.7. The van der Waals surface area contributed by atoms with Crippen molar-refractivity contribution in [2.45, 2.75) is 168 Å². The summed E-state index contributed by atoms with van der Waals surface area (Å²) in [7, 11) is 1.20. The molecule has 0 bridgehead atoms. The fourth-order valence-corrected chi connectivity index (χ4v) is 5.43. The number of hydrogen-bond acceptors (Lipinski definition) is 12. The first-order valence-electron chi connectivity index (χ1n) is 16.6. The van der Waals surface area contributed by atoms with Crippen LogP contribution in [0, 0.1) is 0 Å². The van der Waals surface area contributed by atoms with Crippen molar-refractivity contribution in [1.29, 1.82) is 0 Å². The van der Waals surface area contributed by atoms with Gasteiger partial charge < -0.3 is 33.7 Å². The zero-order chi connectivity index (χ0) is 34.5. The zero-order valence-corrected chi connectivity index (χ0v) is 28.5. The van der Waals surface area contributed by atoms with Gasteiger partial charge in [0.2, 0.25) is 12.4 Å². The zero-order valence-electron chi connectivity index (χ0n) is 28.5. The van der Waals surface area contributed by atoms with Crippen molar-refractivity contribution in [3.05, 3.63) is 0 Å². The van der Waals surface area contributed by atoms with E-state index in [0.29, 0.717) is 6.42 Å². The maximum absolute atomic E-state index is 13.5. The second kappa shape index (κ2) is 23.2. The van der Waals surface area contributed by atoms with Crippen molar-refractivity contribution in [1.82, 2.24) is 5.32 Å². The van der Waals surface area contributed by atoms with E-state index >= 15 is 0 Å². The molecule has 264 valence electrons. The van der Waals surface area contributed by atoms with Crippen LogP contribution in [0.5, 0.6) is 0 Å². The van der Waals surface area contributed by atoms with E-state index in [4.69, 9.17) is 28.4 Å². The standard InChI is InChI=1S/C33H55NO12/c1-7-8-9-10-11-12-13-14-15-16-17-18-19-20-21-26(32(40)41-6)34-31(39)29-27(42-22(2)35)28(43-23(3)36)30(44-24(4)37)33(46-29)45-25(5)38/h26-30,33H,7-21H2,1-6H3,(H,34,39)/t26-,27+,28+,29+,30-,33?/m1/s1. The number of nitrogens with one attached hydrogen (secondary N) is 1. The average molecular weight is 658 g/mol. The van der Waals surface area contributed by atoms with Crippen LogP contribution in [0.3, 0.4) is 0 Å². The summed E-state index contributed by atoms with van der Waals surface area (Å²) >= 11 is 0. The monoisotopic (exact) mass is 657 g/mol. The Morgan fingerprint density at radius 2 is 1.00 bits per heavy atom. The highest BCUT2D eigenvalue weighted by Crippen LogP contribution is 2.30. The third-order valence-electron chi connectivity index (χ3n) is 7.59. The van der Waals surface area contributed by atoms with Gasteiger partial charge in [-0.25, -0.2) is 4.79 Å². The highest BCUT2D eigenvalue weighted by Gasteiger charge is 2.55. The van der Waals surface area contributed by atoms with E-state index in [0.717, 1.165) is 53.4 Å². The molecule has 0 aliphatic carbocycles. The van der Waals surface area contributed by atoms with Gasteiger partial charge in [0.25, 0.3) is 5.91 Å². The number of methoxy groups -OCH3 is 1. The molecule has 13 nitrogen and oxygen atoms in total. The minimum atomic E-state index is -1.71. The van der Waals surface area contributed by atoms with Gasteiger partial charge >= 0.3 is 29.8 Å². The van der Waals surface area contributed by atoms with Crippen LogP contribution in [0.2, 0.25) is 0 Å². The predicted molar refractivity (Wildman–Crippen MR) is 166 cm³/mol. The summed E-state index contributed by atoms with van der Waals surface area (Å²) in [5.74, 6) is -5.00. The molecule has 0 aromatic heterocycles. The third kappa shape index (κ3) is 16.4. The molecular weight excluding hydrogens is 602 g/mol. The van der Waals surface area contributed by atoms with Crippen molar-refractivity contribution in [3.63, 3.8) is 0 Å². The van der Waals surface area contributed by atoms with Gasteiger partial charge in [0.1, 0.15) is 6.04 Å². The first-order valence-corrected chi connectivity index (χ1v) is 16.6. The molecule has 0 aromatic rings. The number of ether oxygens (including phenoxy) is 6. The Bertz CT molecular complexity index is 970. The molecule has 1 aliphatic heterocycles. The molecule has 0 aromatic carbocycles. The SMILES string of the molecule is CCCCCCCCCCCCCCCC[C@@H](NC(=O)[C@H]1OC(OC(C)=O)[C@H](OC(C)=O)[C@@H](OC(C)=O)[C@@H]1OC(C)=O)C(=O)OC. The number of unbranched alkanes of at least 4 members (excludes halogenated alkanes) is 13. The van der Waals surface area contributed by atoms with Crippen molar-refractivity contribution in [2.75, 3.05) is 7.11 Å². The van der Waals surface area contributed by atoms with Crippen LogP contribution in [0.25, 0.3) is 0 Å². The van der Waals surface area contributed by atoms with Crippen LogP contribution in [0.15, 0.2) is 0 Å². The van der Waals surface area contributed by atoms with Crippen molar-refractivity contribution in [2.24, 2.45) is 0 Å². The number of carbonyl (C=O) groups excluding carboxylic acids is 6. The van der Waals surface area contributed by atoms with E-state index in [1.165, 1.54) is 64.9 Å². The minimum Gasteiger partial charge on any atom is -0.467 e. The van der Waals surface area contributed by atoms with Gasteiger partial charge in [0.15, 0.2) is 18.3 Å². The Morgan fingerprint density at radius 1 is 0.587 bits per heavy atom. The maximum Gasteiger partial charge on any atom is 0.328 e. The van der Waals surface area contributed by atoms with Gasteiger partial charge in [-0.05, 0) is 6.42 Å². The summed E-state index contributed by atoms with van der Waals surface area (Å²) < 4.78 is 31.5. The Morgan fingerprint density at radius 3 is 1.43 bits per heavy atom. The molecule has 1 rings (SSSR count). The van der Waals surface area contributed by atoms with Crippen LogP contribution in [-0.2, 0) is 57.2 Å². The molecule has 0 saturated carbocycles. The fraction of sp³-hybridized carbons (Fsp3) is 0.818. The molecule has 1 heterocycles. The molecule has 1 aliphatic rings. The minimum absolute atomic E-state index is 0.276. The number of rotatable bonds is 22. The summed E-state index contributed by atoms with van der Waals surface area (Å²) in [6.07, 6.45) is 8.46. The molecule has 0 spiro atoms. The van der Waals surface area contributed by atoms with E-state index in [1.807, 2.05) is 0 Å². The normalized spacial score (nSPS) is 21.4. The molecule has 1 unspecified atom stereocenters. The lowest BCUT2D eigenvalue weighted by molar-refractivity contribution is -0.290. The van der Waals surface area contributed by atoms with E-state index < -0.39 is 72.5 Å². The van der Waals surface area contributed by atoms with Gasteiger partial charge in [-0.15, -0.1) is 0 Å². The predicted octanol–water partition coefficient (Wildman–Crippen LogP) is 4.60. The van der Waals surface area contributed by atoms with Crippen LogP contribution in [-0.4, -0.2) is 79.6 Å². The number of carbonyl (C=O) groups is 6. The molecular formula is C33H55NO12. The van der Waals surface area contributed by atoms with Crippen LogP contribution in [0.1, 0.15) is 131 Å². The first-order chi connectivity index (χ1) is 21.9. The lowest BCUT2D eigenvalue weighted by atomic mass is 9.96. The van der Waals surface area contributed by atoms with Crippen LogP contribution in [0.4, 0.5) is 0 Å². The van der Waals surface area contributed by atoms with Crippen LogP contribution >= 0.6 is 0 Å². The van der Waals surface area contributed by atoms with Gasteiger partial charge in [0.05, 0.1) is 7.11 Å². The van der Waals surface area contributed by atoms with E-state index in [9.17, 15) is 28.8 Å². The van der Waals surface area contributed by atoms with E-state index in [-0.39, 0.29) is 6.42 Å². The topological polar surface area (TPSA) is 170 Å². The van der Waals surface area contributed by atoms with E-state index in [2.05, 4.69) is 12.2 Å². The number of amides is 1. The Labute approximate surface area is 273 Å². The molecule has 1 saturated heterocycles. The Kier molecular flexibility index (Phi) is 20.5. The van der Waals surface area contributed by atoms with Gasteiger partial charge in [0, 0.05) is 27.7 Å². The largest absolute Gasteiger partial charge is 0.467 e. The second-order valence-corrected chi connectivity index (χ2v) is 11.7. The summed E-state index contributed by atoms with van der Waals surface area (Å²) in [6, 6.07) is -1.05. The molecule has 0 radical (unpaired) electrons. The maximum atomic E-state index is 13.5. The number of hydrogen-bond donors (Lipinski definition) is 1. The molecule has 13 heteroatoms. The molecule has 1 fully saturated rings. The molecule has 46 heavy (non-hydrogen) atoms. The van der Waals surface area contributed by atoms with Crippen molar-refractivity contribution in [3.8, 4) is 0 Å². The van der Waals surface area contributed by atoms with Gasteiger partial charge in [-0.3, -0.25) is 24.0 Å². The third-order valence-corrected chi connectivity index (χ3v) is 7.59. The highest BCUT2D eigenvalue weighted by atomic mass is 16.7. The lowest BCUT2D eigenvalue weighted by Crippen LogP contribution is -2.66. The highest BCUT2D eigenvalue weighted by molar-refractivity contribution is 5.88. The Balaban J connectivity index is 2.81. The first kappa shape index (κ1) is 40.8. The average Bonchev–Trinajstić information content (AvgIpc) is 2.98. The van der Waals surface area contributed by atoms with E-state index in [1.54, 1.807) is 0 Å². The molecule has 1 N–H and O–H groups in total. The Hall–Kier alpha value is -3.22.